The lowest BCUT2D eigenvalue weighted by molar-refractivity contribution is -0.123. The Bertz CT molecular complexity index is 216. The molecule has 15 heavy (non-hydrogen) atoms. The zero-order valence-corrected chi connectivity index (χ0v) is 8.65. The van der Waals surface area contributed by atoms with Gasteiger partial charge in [-0.05, 0) is 13.3 Å². The van der Waals surface area contributed by atoms with E-state index in [1.807, 2.05) is 0 Å². The van der Waals surface area contributed by atoms with Gasteiger partial charge in [0, 0.05) is 5.54 Å². The minimum Gasteiger partial charge on any atom is -0.448 e. The molecule has 0 saturated heterocycles. The second-order valence-corrected chi connectivity index (χ2v) is 3.55. The van der Waals surface area contributed by atoms with E-state index in [9.17, 15) is 18.0 Å². The number of nitrogens with two attached hydrogens (primary N) is 1. The number of hydrogen-bond donors (Lipinski definition) is 2. The highest BCUT2D eigenvalue weighted by Crippen LogP contribution is 2.12. The van der Waals surface area contributed by atoms with Crippen LogP contribution in [0.5, 0.6) is 0 Å². The zero-order chi connectivity index (χ0) is 12.1. The van der Waals surface area contributed by atoms with Gasteiger partial charge in [0.1, 0.15) is 13.2 Å². The van der Waals surface area contributed by atoms with Crippen molar-refractivity contribution in [2.24, 2.45) is 5.73 Å². The predicted molar refractivity (Wildman–Crippen MR) is 48.3 cm³/mol. The molecule has 0 fully saturated rings. The molecule has 1 unspecified atom stereocenters. The number of alkyl carbamates (subject to hydrolysis) is 1. The fraction of sp³-hybridized carbons (Fsp3) is 0.875. The van der Waals surface area contributed by atoms with E-state index in [1.165, 1.54) is 0 Å². The largest absolute Gasteiger partial charge is 0.448 e. The molecule has 0 radical (unpaired) electrons. The maximum absolute atomic E-state index is 11.7. The fourth-order valence-corrected chi connectivity index (χ4v) is 0.556. The molecule has 0 saturated carbocycles. The number of alkyl halides is 3. The first-order valence-corrected chi connectivity index (χ1v) is 4.42. The Morgan fingerprint density at radius 3 is 2.40 bits per heavy atom. The molecule has 90 valence electrons. The predicted octanol–water partition coefficient (Wildman–Crippen LogP) is 1.40. The molecule has 0 aliphatic heterocycles. The number of hydrogen-bond acceptors (Lipinski definition) is 3. The van der Waals surface area contributed by atoms with Gasteiger partial charge >= 0.3 is 12.3 Å². The van der Waals surface area contributed by atoms with Crippen molar-refractivity contribution in [2.45, 2.75) is 32.0 Å². The summed E-state index contributed by atoms with van der Waals surface area (Å²) in [6.45, 7) is 1.91. The van der Waals surface area contributed by atoms with Crippen molar-refractivity contribution in [1.29, 1.82) is 0 Å². The molecule has 0 aliphatic rings. The maximum Gasteiger partial charge on any atom is 0.407 e. The molecule has 4 nitrogen and oxygen atoms in total. The van der Waals surface area contributed by atoms with Crippen LogP contribution < -0.4 is 11.1 Å². The summed E-state index contributed by atoms with van der Waals surface area (Å²) in [4.78, 5) is 10.8. The number of carbonyl (C=O) groups is 1. The number of carbonyl (C=O) groups excluding carboxylic acids is 1. The van der Waals surface area contributed by atoms with Gasteiger partial charge in [0.2, 0.25) is 0 Å². The van der Waals surface area contributed by atoms with Crippen molar-refractivity contribution < 1.29 is 22.7 Å². The van der Waals surface area contributed by atoms with E-state index in [2.05, 4.69) is 4.74 Å². The van der Waals surface area contributed by atoms with Crippen molar-refractivity contribution in [2.75, 3.05) is 13.2 Å². The first-order chi connectivity index (χ1) is 6.66. The molecule has 0 aliphatic carbocycles. The lowest BCUT2D eigenvalue weighted by Crippen LogP contribution is -2.43. The number of nitrogens with one attached hydrogen (secondary N) is 1. The van der Waals surface area contributed by atoms with E-state index in [1.54, 1.807) is 19.2 Å². The van der Waals surface area contributed by atoms with Gasteiger partial charge < -0.3 is 15.8 Å². The second kappa shape index (κ2) is 5.20. The Kier molecular flexibility index (Phi) is 4.86. The lowest BCUT2D eigenvalue weighted by Gasteiger charge is -2.22. The average molecular weight is 228 g/mol. The first-order valence-electron chi connectivity index (χ1n) is 4.42. The Morgan fingerprint density at radius 2 is 2.00 bits per heavy atom. The molecule has 0 spiro atoms. The molecule has 1 amide bonds. The van der Waals surface area contributed by atoms with Crippen molar-refractivity contribution in [3.8, 4) is 0 Å². The first kappa shape index (κ1) is 14.0. The molecule has 0 bridgehead atoms. The fourth-order valence-electron chi connectivity index (χ4n) is 0.556. The minimum absolute atomic E-state index is 0.118. The van der Waals surface area contributed by atoms with Crippen LogP contribution in [0.25, 0.3) is 0 Å². The highest BCUT2D eigenvalue weighted by atomic mass is 19.4. The number of amides is 1. The van der Waals surface area contributed by atoms with Crippen LogP contribution in [-0.2, 0) is 4.74 Å². The smallest absolute Gasteiger partial charge is 0.407 e. The highest BCUT2D eigenvalue weighted by molar-refractivity contribution is 5.67. The summed E-state index contributed by atoms with van der Waals surface area (Å²) in [5, 5.41) is 1.58. The van der Waals surface area contributed by atoms with Crippen molar-refractivity contribution in [1.82, 2.24) is 5.32 Å². The standard InChI is InChI=1S/C8H15F3N2O2/c1-3-7(2,12)5-15-6(14)13-4-8(9,10)11/h3-5,12H2,1-2H3,(H,13,14). The van der Waals surface area contributed by atoms with Gasteiger partial charge in [-0.15, -0.1) is 0 Å². The summed E-state index contributed by atoms with van der Waals surface area (Å²) >= 11 is 0. The zero-order valence-electron chi connectivity index (χ0n) is 8.65. The summed E-state index contributed by atoms with van der Waals surface area (Å²) in [5.74, 6) is 0. The minimum atomic E-state index is -4.43. The summed E-state index contributed by atoms with van der Waals surface area (Å²) in [7, 11) is 0. The van der Waals surface area contributed by atoms with Crippen LogP contribution in [0.4, 0.5) is 18.0 Å². The van der Waals surface area contributed by atoms with Crippen molar-refractivity contribution in [3.63, 3.8) is 0 Å². The van der Waals surface area contributed by atoms with Gasteiger partial charge in [-0.1, -0.05) is 6.92 Å². The van der Waals surface area contributed by atoms with Crippen LogP contribution in [0, 0.1) is 0 Å². The van der Waals surface area contributed by atoms with Gasteiger partial charge in [-0.2, -0.15) is 13.2 Å². The topological polar surface area (TPSA) is 64.3 Å². The van der Waals surface area contributed by atoms with E-state index in [-0.39, 0.29) is 6.61 Å². The van der Waals surface area contributed by atoms with E-state index in [0.29, 0.717) is 6.42 Å². The third-order valence-corrected chi connectivity index (χ3v) is 1.77. The Balaban J connectivity index is 3.77. The molecule has 0 aromatic carbocycles. The molecule has 0 aromatic rings. The van der Waals surface area contributed by atoms with Crippen LogP contribution in [0.1, 0.15) is 20.3 Å². The maximum atomic E-state index is 11.7. The van der Waals surface area contributed by atoms with Gasteiger partial charge in [0.05, 0.1) is 0 Å². The monoisotopic (exact) mass is 228 g/mol. The van der Waals surface area contributed by atoms with Gasteiger partial charge in [0.25, 0.3) is 0 Å². The molecule has 1 atom stereocenters. The highest BCUT2D eigenvalue weighted by Gasteiger charge is 2.28. The van der Waals surface area contributed by atoms with Crippen LogP contribution in [-0.4, -0.2) is 31.0 Å². The van der Waals surface area contributed by atoms with Crippen LogP contribution >= 0.6 is 0 Å². The summed E-state index contributed by atoms with van der Waals surface area (Å²) in [5.41, 5.74) is 4.91. The van der Waals surface area contributed by atoms with Crippen LogP contribution in [0.15, 0.2) is 0 Å². The number of rotatable bonds is 4. The summed E-state index contributed by atoms with van der Waals surface area (Å²) < 4.78 is 39.5. The van der Waals surface area contributed by atoms with Gasteiger partial charge in [0.15, 0.2) is 0 Å². The SMILES string of the molecule is CCC(C)(N)COC(=O)NCC(F)(F)F. The molecular weight excluding hydrogens is 213 g/mol. The number of ether oxygens (including phenoxy) is 1. The van der Waals surface area contributed by atoms with E-state index in [4.69, 9.17) is 5.73 Å². The Morgan fingerprint density at radius 1 is 1.47 bits per heavy atom. The molecule has 0 rings (SSSR count). The van der Waals surface area contributed by atoms with E-state index in [0.717, 1.165) is 0 Å². The average Bonchev–Trinajstić information content (AvgIpc) is 2.10. The Labute approximate surface area is 86.0 Å². The van der Waals surface area contributed by atoms with Crippen molar-refractivity contribution in [3.05, 3.63) is 0 Å². The van der Waals surface area contributed by atoms with Crippen LogP contribution in [0.2, 0.25) is 0 Å². The van der Waals surface area contributed by atoms with Crippen LogP contribution in [0.3, 0.4) is 0 Å². The molecule has 3 N–H and O–H groups in total. The molecule has 0 aromatic heterocycles. The normalized spacial score (nSPS) is 15.6. The van der Waals surface area contributed by atoms with Gasteiger partial charge in [-0.25, -0.2) is 4.79 Å². The molecular formula is C8H15F3N2O2. The molecule has 0 heterocycles. The third kappa shape index (κ3) is 8.04. The quantitative estimate of drug-likeness (QED) is 0.764. The summed E-state index contributed by atoms with van der Waals surface area (Å²) in [6, 6.07) is 0. The van der Waals surface area contributed by atoms with E-state index < -0.39 is 24.4 Å². The number of halogens is 3. The van der Waals surface area contributed by atoms with Crippen molar-refractivity contribution >= 4 is 6.09 Å². The third-order valence-electron chi connectivity index (χ3n) is 1.77. The Hall–Kier alpha value is -0.980. The van der Waals surface area contributed by atoms with E-state index >= 15 is 0 Å². The molecule has 7 heteroatoms. The second-order valence-electron chi connectivity index (χ2n) is 3.55. The van der Waals surface area contributed by atoms with Gasteiger partial charge in [-0.3, -0.25) is 0 Å². The lowest BCUT2D eigenvalue weighted by atomic mass is 10.0. The summed E-state index contributed by atoms with van der Waals surface area (Å²) in [6.07, 6.45) is -4.99.